The van der Waals surface area contributed by atoms with Crippen LogP contribution in [0, 0.1) is 6.92 Å². The summed E-state index contributed by atoms with van der Waals surface area (Å²) in [5, 5.41) is 3.88. The molecule has 0 unspecified atom stereocenters. The molecule has 1 fully saturated rings. The molecule has 64 valence electrons. The molecule has 2 rings (SSSR count). The fraction of sp³-hybridized carbons (Fsp3) is 0.444. The van der Waals surface area contributed by atoms with Crippen molar-refractivity contribution in [2.75, 3.05) is 13.1 Å². The molecule has 3 heteroatoms. The number of pyridine rings is 1. The highest BCUT2D eigenvalue weighted by Gasteiger charge is 2.21. The minimum Gasteiger partial charge on any atom is -0.315 e. The lowest BCUT2D eigenvalue weighted by molar-refractivity contribution is 0.447. The first kappa shape index (κ1) is 8.02. The van der Waals surface area contributed by atoms with Crippen LogP contribution in [0.4, 0.5) is 0 Å². The van der Waals surface area contributed by atoms with E-state index in [1.165, 1.54) is 5.56 Å². The van der Waals surface area contributed by atoms with Crippen LogP contribution in [-0.2, 0) is 0 Å². The van der Waals surface area contributed by atoms with Crippen LogP contribution in [0.5, 0.6) is 0 Å². The van der Waals surface area contributed by atoms with E-state index in [4.69, 9.17) is 11.6 Å². The molecular weight excluding hydrogens is 172 g/mol. The standard InChI is InChI=1S/C9H11ClN2/c1-6-2-3-8(9(10)12-6)7-4-11-5-7/h2-3,7,11H,4-5H2,1H3. The first-order chi connectivity index (χ1) is 5.77. The summed E-state index contributed by atoms with van der Waals surface area (Å²) in [6, 6.07) is 4.09. The van der Waals surface area contributed by atoms with Gasteiger partial charge in [0, 0.05) is 24.7 Å². The second kappa shape index (κ2) is 3.04. The quantitative estimate of drug-likeness (QED) is 0.670. The molecule has 1 aromatic rings. The van der Waals surface area contributed by atoms with Crippen molar-refractivity contribution in [3.05, 3.63) is 28.5 Å². The Bertz CT molecular complexity index is 295. The van der Waals surface area contributed by atoms with Gasteiger partial charge < -0.3 is 5.32 Å². The number of halogens is 1. The molecule has 0 spiro atoms. The van der Waals surface area contributed by atoms with Crippen molar-refractivity contribution in [1.82, 2.24) is 10.3 Å². The van der Waals surface area contributed by atoms with Crippen LogP contribution in [0.2, 0.25) is 5.15 Å². The zero-order valence-electron chi connectivity index (χ0n) is 6.97. The van der Waals surface area contributed by atoms with Gasteiger partial charge in [0.25, 0.3) is 0 Å². The summed E-state index contributed by atoms with van der Waals surface area (Å²) < 4.78 is 0. The molecule has 2 heterocycles. The Morgan fingerprint density at radius 1 is 1.50 bits per heavy atom. The molecule has 1 N–H and O–H groups in total. The Kier molecular flexibility index (Phi) is 2.03. The van der Waals surface area contributed by atoms with Crippen molar-refractivity contribution in [2.45, 2.75) is 12.8 Å². The highest BCUT2D eigenvalue weighted by molar-refractivity contribution is 6.30. The second-order valence-electron chi connectivity index (χ2n) is 3.19. The van der Waals surface area contributed by atoms with Gasteiger partial charge in [0.2, 0.25) is 0 Å². The van der Waals surface area contributed by atoms with Crippen molar-refractivity contribution >= 4 is 11.6 Å². The number of rotatable bonds is 1. The van der Waals surface area contributed by atoms with E-state index in [-0.39, 0.29) is 0 Å². The van der Waals surface area contributed by atoms with E-state index in [0.717, 1.165) is 18.8 Å². The van der Waals surface area contributed by atoms with Gasteiger partial charge in [0.1, 0.15) is 5.15 Å². The number of hydrogen-bond donors (Lipinski definition) is 1. The summed E-state index contributed by atoms with van der Waals surface area (Å²) in [5.74, 6) is 0.575. The molecule has 0 radical (unpaired) electrons. The Hall–Kier alpha value is -0.600. The Balaban J connectivity index is 2.31. The molecule has 0 amide bonds. The predicted molar refractivity (Wildman–Crippen MR) is 49.6 cm³/mol. The minimum atomic E-state index is 0.575. The zero-order chi connectivity index (χ0) is 8.55. The highest BCUT2D eigenvalue weighted by atomic mass is 35.5. The van der Waals surface area contributed by atoms with Crippen LogP contribution in [0.15, 0.2) is 12.1 Å². The lowest BCUT2D eigenvalue weighted by Gasteiger charge is -2.27. The number of hydrogen-bond acceptors (Lipinski definition) is 2. The normalized spacial score (nSPS) is 17.5. The van der Waals surface area contributed by atoms with Crippen molar-refractivity contribution in [3.8, 4) is 0 Å². The predicted octanol–water partition coefficient (Wildman–Crippen LogP) is 1.73. The third-order valence-electron chi connectivity index (χ3n) is 2.24. The molecule has 0 atom stereocenters. The number of nitrogens with one attached hydrogen (secondary N) is 1. The van der Waals surface area contributed by atoms with Gasteiger partial charge >= 0.3 is 0 Å². The molecule has 0 aliphatic carbocycles. The van der Waals surface area contributed by atoms with Gasteiger partial charge in [-0.15, -0.1) is 0 Å². The third-order valence-corrected chi connectivity index (χ3v) is 2.54. The summed E-state index contributed by atoms with van der Waals surface area (Å²) >= 11 is 6.00. The molecule has 0 bridgehead atoms. The monoisotopic (exact) mass is 182 g/mol. The lowest BCUT2D eigenvalue weighted by atomic mass is 9.95. The van der Waals surface area contributed by atoms with E-state index in [0.29, 0.717) is 11.1 Å². The summed E-state index contributed by atoms with van der Waals surface area (Å²) in [4.78, 5) is 4.21. The van der Waals surface area contributed by atoms with Crippen LogP contribution in [0.25, 0.3) is 0 Å². The van der Waals surface area contributed by atoms with Gasteiger partial charge in [-0.1, -0.05) is 17.7 Å². The lowest BCUT2D eigenvalue weighted by Crippen LogP contribution is -2.40. The van der Waals surface area contributed by atoms with Crippen molar-refractivity contribution in [3.63, 3.8) is 0 Å². The maximum atomic E-state index is 6.00. The van der Waals surface area contributed by atoms with E-state index in [1.54, 1.807) is 0 Å². The Morgan fingerprint density at radius 3 is 2.75 bits per heavy atom. The van der Waals surface area contributed by atoms with E-state index in [2.05, 4.69) is 16.4 Å². The second-order valence-corrected chi connectivity index (χ2v) is 3.55. The number of aromatic nitrogens is 1. The fourth-order valence-corrected chi connectivity index (χ4v) is 1.70. The van der Waals surface area contributed by atoms with Crippen molar-refractivity contribution in [2.24, 2.45) is 0 Å². The maximum absolute atomic E-state index is 6.00. The molecular formula is C9H11ClN2. The van der Waals surface area contributed by atoms with Crippen LogP contribution < -0.4 is 5.32 Å². The van der Waals surface area contributed by atoms with Crippen LogP contribution in [0.3, 0.4) is 0 Å². The van der Waals surface area contributed by atoms with Crippen LogP contribution >= 0.6 is 11.6 Å². The molecule has 2 nitrogen and oxygen atoms in total. The third kappa shape index (κ3) is 1.32. The average molecular weight is 183 g/mol. The molecule has 0 aromatic carbocycles. The largest absolute Gasteiger partial charge is 0.315 e. The molecule has 1 aromatic heterocycles. The molecule has 1 aliphatic heterocycles. The van der Waals surface area contributed by atoms with Gasteiger partial charge in [-0.05, 0) is 18.6 Å². The smallest absolute Gasteiger partial charge is 0.132 e. The summed E-state index contributed by atoms with van der Waals surface area (Å²) in [7, 11) is 0. The Labute approximate surface area is 77.0 Å². The first-order valence-electron chi connectivity index (χ1n) is 4.11. The van der Waals surface area contributed by atoms with Crippen molar-refractivity contribution in [1.29, 1.82) is 0 Å². The van der Waals surface area contributed by atoms with Gasteiger partial charge in [-0.25, -0.2) is 4.98 Å². The molecule has 0 saturated carbocycles. The first-order valence-corrected chi connectivity index (χ1v) is 4.49. The van der Waals surface area contributed by atoms with Gasteiger partial charge in [0.05, 0.1) is 0 Å². The van der Waals surface area contributed by atoms with Crippen LogP contribution in [-0.4, -0.2) is 18.1 Å². The fourth-order valence-electron chi connectivity index (χ4n) is 1.35. The zero-order valence-corrected chi connectivity index (χ0v) is 7.73. The highest BCUT2D eigenvalue weighted by Crippen LogP contribution is 2.25. The average Bonchev–Trinajstić information content (AvgIpc) is 1.91. The maximum Gasteiger partial charge on any atom is 0.132 e. The van der Waals surface area contributed by atoms with Gasteiger partial charge in [0.15, 0.2) is 0 Å². The minimum absolute atomic E-state index is 0.575. The van der Waals surface area contributed by atoms with E-state index >= 15 is 0 Å². The Morgan fingerprint density at radius 2 is 2.25 bits per heavy atom. The SMILES string of the molecule is Cc1ccc(C2CNC2)c(Cl)n1. The summed E-state index contributed by atoms with van der Waals surface area (Å²) in [6.45, 7) is 4.02. The van der Waals surface area contributed by atoms with Crippen LogP contribution in [0.1, 0.15) is 17.2 Å². The summed E-state index contributed by atoms with van der Waals surface area (Å²) in [6.07, 6.45) is 0. The number of nitrogens with zero attached hydrogens (tertiary/aromatic N) is 1. The van der Waals surface area contributed by atoms with E-state index in [9.17, 15) is 0 Å². The number of aryl methyl sites for hydroxylation is 1. The van der Waals surface area contributed by atoms with E-state index in [1.807, 2.05) is 13.0 Å². The van der Waals surface area contributed by atoms with Crippen molar-refractivity contribution < 1.29 is 0 Å². The molecule has 1 saturated heterocycles. The van der Waals surface area contributed by atoms with Gasteiger partial charge in [-0.3, -0.25) is 0 Å². The van der Waals surface area contributed by atoms with E-state index < -0.39 is 0 Å². The molecule has 12 heavy (non-hydrogen) atoms. The molecule has 1 aliphatic rings. The van der Waals surface area contributed by atoms with Gasteiger partial charge in [-0.2, -0.15) is 0 Å². The summed E-state index contributed by atoms with van der Waals surface area (Å²) in [5.41, 5.74) is 2.16. The topological polar surface area (TPSA) is 24.9 Å².